The lowest BCUT2D eigenvalue weighted by molar-refractivity contribution is 0.528. The van der Waals surface area contributed by atoms with Crippen molar-refractivity contribution in [3.05, 3.63) is 23.9 Å². The second-order valence-electron chi connectivity index (χ2n) is 4.84. The van der Waals surface area contributed by atoms with E-state index < -0.39 is 10.0 Å². The van der Waals surface area contributed by atoms with Crippen LogP contribution in [-0.4, -0.2) is 19.9 Å². The molecule has 0 bridgehead atoms. The molecule has 1 aliphatic carbocycles. The maximum Gasteiger partial charge on any atom is 0.258 e. The van der Waals surface area contributed by atoms with Gasteiger partial charge in [0.05, 0.1) is 0 Å². The zero-order valence-electron chi connectivity index (χ0n) is 9.81. The maximum absolute atomic E-state index is 11.9. The summed E-state index contributed by atoms with van der Waals surface area (Å²) < 4.78 is 26.4. The van der Waals surface area contributed by atoms with Crippen LogP contribution in [0.3, 0.4) is 0 Å². The molecule has 0 atom stereocenters. The molecular formula is C11H17N3O2S. The zero-order chi connectivity index (χ0) is 12.5. The summed E-state index contributed by atoms with van der Waals surface area (Å²) in [5, 5.41) is 0.0546. The second-order valence-corrected chi connectivity index (χ2v) is 6.56. The molecule has 2 rings (SSSR count). The third kappa shape index (κ3) is 3.02. The Bertz CT molecular complexity index is 492. The molecule has 0 radical (unpaired) electrons. The molecule has 0 spiro atoms. The fourth-order valence-corrected chi connectivity index (χ4v) is 2.55. The van der Waals surface area contributed by atoms with Crippen LogP contribution in [0.5, 0.6) is 0 Å². The molecule has 17 heavy (non-hydrogen) atoms. The first-order chi connectivity index (χ1) is 7.95. The summed E-state index contributed by atoms with van der Waals surface area (Å²) in [6.07, 6.45) is 3.65. The quantitative estimate of drug-likeness (QED) is 0.807. The number of nitrogens with zero attached hydrogens (tertiary/aromatic N) is 1. The van der Waals surface area contributed by atoms with Crippen LogP contribution >= 0.6 is 0 Å². The molecule has 1 aliphatic rings. The van der Waals surface area contributed by atoms with Gasteiger partial charge < -0.3 is 5.73 Å². The van der Waals surface area contributed by atoms with Gasteiger partial charge in [-0.05, 0) is 29.9 Å². The van der Waals surface area contributed by atoms with Gasteiger partial charge in [-0.25, -0.2) is 18.1 Å². The molecule has 1 heterocycles. The van der Waals surface area contributed by atoms with Crippen molar-refractivity contribution >= 4 is 10.0 Å². The van der Waals surface area contributed by atoms with Gasteiger partial charge in [0.15, 0.2) is 5.03 Å². The fourth-order valence-electron chi connectivity index (χ4n) is 1.42. The van der Waals surface area contributed by atoms with Gasteiger partial charge >= 0.3 is 0 Å². The topological polar surface area (TPSA) is 85.1 Å². The number of sulfonamides is 1. The molecule has 6 heteroatoms. The van der Waals surface area contributed by atoms with Gasteiger partial charge in [-0.15, -0.1) is 0 Å². The van der Waals surface area contributed by atoms with E-state index in [0.717, 1.165) is 18.4 Å². The van der Waals surface area contributed by atoms with Crippen LogP contribution in [0.15, 0.2) is 23.4 Å². The number of hydrogen-bond donors (Lipinski definition) is 2. The lowest BCUT2D eigenvalue weighted by atomic mass is 10.2. The molecule has 3 N–H and O–H groups in total. The predicted molar refractivity (Wildman–Crippen MR) is 64.7 cm³/mol. The molecule has 1 aromatic heterocycles. The molecule has 0 saturated heterocycles. The predicted octanol–water partition coefficient (Wildman–Crippen LogP) is 0.619. The normalized spacial score (nSPS) is 18.0. The Morgan fingerprint density at radius 2 is 2.18 bits per heavy atom. The van der Waals surface area contributed by atoms with Crippen LogP contribution in [0.1, 0.15) is 25.3 Å². The van der Waals surface area contributed by atoms with E-state index in [-0.39, 0.29) is 10.4 Å². The molecule has 5 nitrogen and oxygen atoms in total. The van der Waals surface area contributed by atoms with Crippen molar-refractivity contribution in [3.63, 3.8) is 0 Å². The molecule has 0 unspecified atom stereocenters. The minimum absolute atomic E-state index is 0.0546. The summed E-state index contributed by atoms with van der Waals surface area (Å²) in [7, 11) is -3.48. The second kappa shape index (κ2) is 4.36. The average molecular weight is 255 g/mol. The smallest absolute Gasteiger partial charge is 0.258 e. The Morgan fingerprint density at radius 3 is 2.65 bits per heavy atom. The highest BCUT2D eigenvalue weighted by Gasteiger charge is 2.38. The van der Waals surface area contributed by atoms with Crippen molar-refractivity contribution in [2.45, 2.75) is 31.3 Å². The summed E-state index contributed by atoms with van der Waals surface area (Å²) in [6, 6.07) is 3.17. The zero-order valence-corrected chi connectivity index (χ0v) is 10.6. The van der Waals surface area contributed by atoms with Gasteiger partial charge in [0.2, 0.25) is 0 Å². The van der Waals surface area contributed by atoms with Crippen LogP contribution in [-0.2, 0) is 16.6 Å². The number of nitrogens with one attached hydrogen (secondary N) is 1. The van der Waals surface area contributed by atoms with Gasteiger partial charge in [-0.1, -0.05) is 13.0 Å². The van der Waals surface area contributed by atoms with E-state index in [1.54, 1.807) is 6.07 Å². The Morgan fingerprint density at radius 1 is 1.47 bits per heavy atom. The Kier molecular flexibility index (Phi) is 3.20. The molecule has 1 fully saturated rings. The SMILES string of the molecule is CC1(CNS(=O)(=O)c2ccc(CN)cn2)CC1. The van der Waals surface area contributed by atoms with E-state index in [9.17, 15) is 8.42 Å². The number of hydrogen-bond acceptors (Lipinski definition) is 4. The highest BCUT2D eigenvalue weighted by molar-refractivity contribution is 7.89. The first-order valence-corrected chi connectivity index (χ1v) is 7.08. The Labute approximate surface area is 101 Å². The van der Waals surface area contributed by atoms with Crippen LogP contribution < -0.4 is 10.5 Å². The number of aromatic nitrogens is 1. The summed E-state index contributed by atoms with van der Waals surface area (Å²) in [4.78, 5) is 3.91. The van der Waals surface area contributed by atoms with Crippen LogP contribution in [0.2, 0.25) is 0 Å². The number of rotatable bonds is 5. The van der Waals surface area contributed by atoms with Crippen molar-refractivity contribution < 1.29 is 8.42 Å². The minimum Gasteiger partial charge on any atom is -0.326 e. The summed E-state index contributed by atoms with van der Waals surface area (Å²) >= 11 is 0. The highest BCUT2D eigenvalue weighted by atomic mass is 32.2. The fraction of sp³-hybridized carbons (Fsp3) is 0.545. The van der Waals surface area contributed by atoms with Crippen molar-refractivity contribution in [2.24, 2.45) is 11.1 Å². The molecular weight excluding hydrogens is 238 g/mol. The van der Waals surface area contributed by atoms with E-state index in [1.165, 1.54) is 12.3 Å². The lowest BCUT2D eigenvalue weighted by Crippen LogP contribution is -2.29. The summed E-state index contributed by atoms with van der Waals surface area (Å²) in [6.45, 7) is 2.91. The van der Waals surface area contributed by atoms with Crippen molar-refractivity contribution in [3.8, 4) is 0 Å². The van der Waals surface area contributed by atoms with Crippen LogP contribution in [0.25, 0.3) is 0 Å². The molecule has 1 aromatic rings. The molecule has 0 aliphatic heterocycles. The Hall–Kier alpha value is -0.980. The minimum atomic E-state index is -3.48. The van der Waals surface area contributed by atoms with E-state index in [2.05, 4.69) is 16.6 Å². The number of nitrogens with two attached hydrogens (primary N) is 1. The summed E-state index contributed by atoms with van der Waals surface area (Å²) in [5.41, 5.74) is 6.39. The van der Waals surface area contributed by atoms with Gasteiger partial charge in [0.1, 0.15) is 0 Å². The van der Waals surface area contributed by atoms with Gasteiger partial charge in [-0.3, -0.25) is 0 Å². The third-order valence-corrected chi connectivity index (χ3v) is 4.42. The lowest BCUT2D eigenvalue weighted by Gasteiger charge is -2.10. The van der Waals surface area contributed by atoms with Crippen LogP contribution in [0, 0.1) is 5.41 Å². The highest BCUT2D eigenvalue weighted by Crippen LogP contribution is 2.44. The van der Waals surface area contributed by atoms with E-state index in [4.69, 9.17) is 5.73 Å². The van der Waals surface area contributed by atoms with Crippen molar-refractivity contribution in [2.75, 3.05) is 6.54 Å². The monoisotopic (exact) mass is 255 g/mol. The Balaban J connectivity index is 2.07. The van der Waals surface area contributed by atoms with Crippen molar-refractivity contribution in [1.82, 2.24) is 9.71 Å². The third-order valence-electron chi connectivity index (χ3n) is 3.10. The summed E-state index contributed by atoms with van der Waals surface area (Å²) in [5.74, 6) is 0. The van der Waals surface area contributed by atoms with E-state index in [0.29, 0.717) is 13.1 Å². The van der Waals surface area contributed by atoms with Crippen molar-refractivity contribution in [1.29, 1.82) is 0 Å². The maximum atomic E-state index is 11.9. The van der Waals surface area contributed by atoms with Gasteiger partial charge in [0.25, 0.3) is 10.0 Å². The molecule has 0 amide bonds. The molecule has 0 aromatic carbocycles. The molecule has 94 valence electrons. The largest absolute Gasteiger partial charge is 0.326 e. The average Bonchev–Trinajstić information content (AvgIpc) is 3.06. The number of pyridine rings is 1. The first kappa shape index (κ1) is 12.5. The van der Waals surface area contributed by atoms with E-state index >= 15 is 0 Å². The van der Waals surface area contributed by atoms with Crippen LogP contribution in [0.4, 0.5) is 0 Å². The molecule has 1 saturated carbocycles. The van der Waals surface area contributed by atoms with Gasteiger partial charge in [-0.2, -0.15) is 0 Å². The first-order valence-electron chi connectivity index (χ1n) is 5.60. The van der Waals surface area contributed by atoms with E-state index in [1.807, 2.05) is 0 Å². The van der Waals surface area contributed by atoms with Gasteiger partial charge in [0, 0.05) is 19.3 Å². The standard InChI is InChI=1S/C11H17N3O2S/c1-11(4-5-11)8-14-17(15,16)10-3-2-9(6-12)7-13-10/h2-3,7,14H,4-6,8,12H2,1H3.